The van der Waals surface area contributed by atoms with E-state index in [-0.39, 0.29) is 17.4 Å². The second kappa shape index (κ2) is 7.94. The zero-order valence-electron chi connectivity index (χ0n) is 16.8. The molecular weight excluding hydrogens is 426 g/mol. The topological polar surface area (TPSA) is 36.9 Å². The minimum atomic E-state index is -4.93. The first-order valence-electron chi connectivity index (χ1n) is 9.09. The molecule has 0 radical (unpaired) electrons. The molecule has 0 N–H and O–H groups in total. The molecule has 1 fully saturated rings. The SMILES string of the molecule is CC1(C)OB(c2ccc(OCc3ccc(Cl)c(F)c3)c(OC(F)(F)F)c2)OC1(C)C. The van der Waals surface area contributed by atoms with Crippen molar-refractivity contribution in [3.63, 3.8) is 0 Å². The van der Waals surface area contributed by atoms with E-state index in [0.717, 1.165) is 12.1 Å². The van der Waals surface area contributed by atoms with E-state index >= 15 is 0 Å². The van der Waals surface area contributed by atoms with Gasteiger partial charge in [0.1, 0.15) is 12.4 Å². The maximum atomic E-state index is 13.6. The second-order valence-electron chi connectivity index (χ2n) is 7.88. The summed E-state index contributed by atoms with van der Waals surface area (Å²) in [6.45, 7) is 7.16. The Kier molecular flexibility index (Phi) is 6.01. The van der Waals surface area contributed by atoms with Gasteiger partial charge in [-0.2, -0.15) is 0 Å². The second-order valence-corrected chi connectivity index (χ2v) is 8.29. The highest BCUT2D eigenvalue weighted by molar-refractivity contribution is 6.62. The highest BCUT2D eigenvalue weighted by Crippen LogP contribution is 2.38. The van der Waals surface area contributed by atoms with Crippen LogP contribution in [-0.4, -0.2) is 24.7 Å². The third-order valence-electron chi connectivity index (χ3n) is 5.10. The van der Waals surface area contributed by atoms with Gasteiger partial charge in [0.2, 0.25) is 0 Å². The van der Waals surface area contributed by atoms with Gasteiger partial charge < -0.3 is 18.8 Å². The van der Waals surface area contributed by atoms with E-state index < -0.39 is 36.2 Å². The predicted molar refractivity (Wildman–Crippen MR) is 105 cm³/mol. The summed E-state index contributed by atoms with van der Waals surface area (Å²) >= 11 is 5.63. The third kappa shape index (κ3) is 5.02. The average molecular weight is 447 g/mol. The van der Waals surface area contributed by atoms with Gasteiger partial charge in [-0.25, -0.2) is 4.39 Å². The number of ether oxygens (including phenoxy) is 2. The van der Waals surface area contributed by atoms with Crippen molar-refractivity contribution < 1.29 is 36.3 Å². The summed E-state index contributed by atoms with van der Waals surface area (Å²) in [5.41, 5.74) is -0.574. The molecule has 1 heterocycles. The standard InChI is InChI=1S/C20H20BClF4O4/c1-18(2)19(3,4)30-21(29-18)13-6-8-16(17(10-13)28-20(24,25)26)27-11-12-5-7-14(22)15(23)9-12/h5-10H,11H2,1-4H3. The van der Waals surface area contributed by atoms with Gasteiger partial charge in [-0.05, 0) is 63.0 Å². The van der Waals surface area contributed by atoms with Gasteiger partial charge in [0.25, 0.3) is 0 Å². The van der Waals surface area contributed by atoms with E-state index in [1.165, 1.54) is 24.3 Å². The van der Waals surface area contributed by atoms with Gasteiger partial charge in [-0.1, -0.05) is 23.7 Å². The van der Waals surface area contributed by atoms with Crippen LogP contribution in [0.5, 0.6) is 11.5 Å². The quantitative estimate of drug-likeness (QED) is 0.464. The lowest BCUT2D eigenvalue weighted by atomic mass is 9.79. The molecule has 0 aliphatic carbocycles. The maximum Gasteiger partial charge on any atom is 0.573 e. The van der Waals surface area contributed by atoms with Gasteiger partial charge in [0.05, 0.1) is 16.2 Å². The Balaban J connectivity index is 1.85. The first-order chi connectivity index (χ1) is 13.8. The lowest BCUT2D eigenvalue weighted by Crippen LogP contribution is -2.41. The molecule has 0 unspecified atom stereocenters. The highest BCUT2D eigenvalue weighted by atomic mass is 35.5. The molecule has 2 aromatic rings. The van der Waals surface area contributed by atoms with Crippen LogP contribution >= 0.6 is 11.6 Å². The van der Waals surface area contributed by atoms with Gasteiger partial charge in [-0.15, -0.1) is 13.2 Å². The first-order valence-corrected chi connectivity index (χ1v) is 9.47. The monoisotopic (exact) mass is 446 g/mol. The molecule has 3 rings (SSSR count). The van der Waals surface area contributed by atoms with Crippen LogP contribution in [0.3, 0.4) is 0 Å². The maximum absolute atomic E-state index is 13.6. The van der Waals surface area contributed by atoms with Crippen LogP contribution in [0, 0.1) is 5.82 Å². The Morgan fingerprint density at radius 1 is 0.967 bits per heavy atom. The van der Waals surface area contributed by atoms with Gasteiger partial charge in [0.15, 0.2) is 11.5 Å². The third-order valence-corrected chi connectivity index (χ3v) is 5.40. The summed E-state index contributed by atoms with van der Waals surface area (Å²) in [6.07, 6.45) is -4.93. The van der Waals surface area contributed by atoms with Crippen molar-refractivity contribution in [3.8, 4) is 11.5 Å². The van der Waals surface area contributed by atoms with Crippen LogP contribution in [0.15, 0.2) is 36.4 Å². The molecule has 1 aliphatic rings. The summed E-state index contributed by atoms with van der Waals surface area (Å²) in [5.74, 6) is -1.37. The molecule has 30 heavy (non-hydrogen) atoms. The molecule has 1 saturated heterocycles. The molecule has 0 saturated carbocycles. The fourth-order valence-electron chi connectivity index (χ4n) is 2.76. The van der Waals surface area contributed by atoms with E-state index in [0.29, 0.717) is 11.0 Å². The van der Waals surface area contributed by atoms with Crippen LogP contribution in [0.4, 0.5) is 17.6 Å². The van der Waals surface area contributed by atoms with Gasteiger partial charge in [-0.3, -0.25) is 0 Å². The van der Waals surface area contributed by atoms with Crippen LogP contribution in [0.2, 0.25) is 5.02 Å². The smallest absolute Gasteiger partial charge is 0.485 e. The zero-order valence-corrected chi connectivity index (χ0v) is 17.5. The molecular formula is C20H20BClF4O4. The van der Waals surface area contributed by atoms with Crippen molar-refractivity contribution in [2.24, 2.45) is 0 Å². The predicted octanol–water partition coefficient (Wildman–Crippen LogP) is 5.26. The van der Waals surface area contributed by atoms with E-state index in [9.17, 15) is 17.6 Å². The Labute approximate surface area is 177 Å². The molecule has 0 spiro atoms. The van der Waals surface area contributed by atoms with Crippen molar-refractivity contribution in [3.05, 3.63) is 52.8 Å². The fraction of sp³-hybridized carbons (Fsp3) is 0.400. The average Bonchev–Trinajstić information content (AvgIpc) is 2.83. The molecule has 0 amide bonds. The summed E-state index contributed by atoms with van der Waals surface area (Å²) < 4.78 is 73.7. The number of hydrogen-bond donors (Lipinski definition) is 0. The number of rotatable bonds is 5. The van der Waals surface area contributed by atoms with E-state index in [1.54, 1.807) is 0 Å². The number of alkyl halides is 3. The Hall–Kier alpha value is -1.97. The van der Waals surface area contributed by atoms with Gasteiger partial charge in [0, 0.05) is 0 Å². The largest absolute Gasteiger partial charge is 0.573 e. The number of halogens is 5. The minimum Gasteiger partial charge on any atom is -0.485 e. The summed E-state index contributed by atoms with van der Waals surface area (Å²) in [4.78, 5) is 0. The molecule has 2 aromatic carbocycles. The molecule has 0 bridgehead atoms. The normalized spacial score (nSPS) is 17.8. The zero-order chi connectivity index (χ0) is 22.3. The Bertz CT molecular complexity index is 918. The molecule has 1 aliphatic heterocycles. The summed E-state index contributed by atoms with van der Waals surface area (Å²) in [6, 6.07) is 8.01. The number of hydrogen-bond acceptors (Lipinski definition) is 4. The summed E-state index contributed by atoms with van der Waals surface area (Å²) in [5, 5.41) is -0.0633. The minimum absolute atomic E-state index is 0.0633. The van der Waals surface area contributed by atoms with Crippen LogP contribution in [-0.2, 0) is 15.9 Å². The van der Waals surface area contributed by atoms with E-state index in [2.05, 4.69) is 4.74 Å². The van der Waals surface area contributed by atoms with Crippen molar-refractivity contribution in [2.75, 3.05) is 0 Å². The molecule has 4 nitrogen and oxygen atoms in total. The van der Waals surface area contributed by atoms with Gasteiger partial charge >= 0.3 is 13.5 Å². The molecule has 0 atom stereocenters. The number of benzene rings is 2. The van der Waals surface area contributed by atoms with E-state index in [4.69, 9.17) is 25.6 Å². The van der Waals surface area contributed by atoms with Crippen LogP contribution in [0.25, 0.3) is 0 Å². The Morgan fingerprint density at radius 2 is 1.60 bits per heavy atom. The first kappa shape index (κ1) is 22.7. The molecule has 0 aromatic heterocycles. The fourth-order valence-corrected chi connectivity index (χ4v) is 2.88. The lowest BCUT2D eigenvalue weighted by molar-refractivity contribution is -0.275. The molecule has 162 valence electrons. The Morgan fingerprint density at radius 3 is 2.17 bits per heavy atom. The van der Waals surface area contributed by atoms with Crippen molar-refractivity contribution in [1.29, 1.82) is 0 Å². The van der Waals surface area contributed by atoms with E-state index in [1.807, 2.05) is 27.7 Å². The van der Waals surface area contributed by atoms with Crippen LogP contribution < -0.4 is 14.9 Å². The van der Waals surface area contributed by atoms with Crippen molar-refractivity contribution >= 4 is 24.2 Å². The lowest BCUT2D eigenvalue weighted by Gasteiger charge is -2.32. The summed E-state index contributed by atoms with van der Waals surface area (Å²) in [7, 11) is -0.870. The van der Waals surface area contributed by atoms with Crippen molar-refractivity contribution in [1.82, 2.24) is 0 Å². The van der Waals surface area contributed by atoms with Crippen LogP contribution in [0.1, 0.15) is 33.3 Å². The highest BCUT2D eigenvalue weighted by Gasteiger charge is 2.52. The van der Waals surface area contributed by atoms with Crippen molar-refractivity contribution in [2.45, 2.75) is 51.9 Å². The molecule has 10 heteroatoms.